The molecular weight excluding hydrogens is 290 g/mol. The van der Waals surface area contributed by atoms with Crippen molar-refractivity contribution >= 4 is 29.3 Å². The molecule has 0 unspecified atom stereocenters. The van der Waals surface area contributed by atoms with Gasteiger partial charge in [0, 0.05) is 28.6 Å². The van der Waals surface area contributed by atoms with Gasteiger partial charge in [0.2, 0.25) is 0 Å². The Morgan fingerprint density at radius 2 is 1.75 bits per heavy atom. The summed E-state index contributed by atoms with van der Waals surface area (Å²) in [6.07, 6.45) is 0. The van der Waals surface area contributed by atoms with Gasteiger partial charge in [-0.05, 0) is 29.8 Å². The molecule has 0 atom stereocenters. The van der Waals surface area contributed by atoms with Crippen molar-refractivity contribution in [3.63, 3.8) is 0 Å². The highest BCUT2D eigenvalue weighted by Gasteiger charge is 2.03. The van der Waals surface area contributed by atoms with Crippen molar-refractivity contribution in [1.82, 2.24) is 5.32 Å². The van der Waals surface area contributed by atoms with E-state index in [0.29, 0.717) is 17.1 Å². The first-order chi connectivity index (χ1) is 9.75. The fraction of sp³-hybridized carbons (Fsp3) is 0.188. The SMILES string of the molecule is O=C(NCCSCc1ccccc1)c1ccc(Cl)cc1. The molecular formula is C16H16ClNOS. The Morgan fingerprint density at radius 1 is 1.05 bits per heavy atom. The van der Waals surface area contributed by atoms with Crippen LogP contribution in [0.3, 0.4) is 0 Å². The summed E-state index contributed by atoms with van der Waals surface area (Å²) in [6, 6.07) is 17.2. The quantitative estimate of drug-likeness (QED) is 0.817. The minimum absolute atomic E-state index is 0.0537. The maximum atomic E-state index is 11.8. The van der Waals surface area contributed by atoms with E-state index < -0.39 is 0 Å². The number of carbonyl (C=O) groups is 1. The van der Waals surface area contributed by atoms with E-state index in [1.165, 1.54) is 5.56 Å². The molecule has 0 aromatic heterocycles. The first-order valence-corrected chi connectivity index (χ1v) is 7.94. The van der Waals surface area contributed by atoms with Gasteiger partial charge < -0.3 is 5.32 Å². The molecule has 0 aliphatic carbocycles. The summed E-state index contributed by atoms with van der Waals surface area (Å²) < 4.78 is 0. The Hall–Kier alpha value is -1.45. The van der Waals surface area contributed by atoms with E-state index in [0.717, 1.165) is 11.5 Å². The minimum Gasteiger partial charge on any atom is -0.351 e. The molecule has 0 heterocycles. The zero-order valence-corrected chi connectivity index (χ0v) is 12.6. The Labute approximate surface area is 128 Å². The molecule has 0 saturated heterocycles. The number of hydrogen-bond donors (Lipinski definition) is 1. The molecule has 1 N–H and O–H groups in total. The van der Waals surface area contributed by atoms with E-state index in [2.05, 4.69) is 17.4 Å². The van der Waals surface area contributed by atoms with Gasteiger partial charge in [-0.25, -0.2) is 0 Å². The lowest BCUT2D eigenvalue weighted by molar-refractivity contribution is 0.0956. The van der Waals surface area contributed by atoms with Crippen LogP contribution < -0.4 is 5.32 Å². The zero-order valence-electron chi connectivity index (χ0n) is 11.0. The van der Waals surface area contributed by atoms with Crippen molar-refractivity contribution in [2.45, 2.75) is 5.75 Å². The second-order valence-corrected chi connectivity index (χ2v) is 5.84. The van der Waals surface area contributed by atoms with Crippen molar-refractivity contribution in [3.8, 4) is 0 Å². The summed E-state index contributed by atoms with van der Waals surface area (Å²) in [5, 5.41) is 3.54. The van der Waals surface area contributed by atoms with Crippen molar-refractivity contribution in [1.29, 1.82) is 0 Å². The predicted octanol–water partition coefficient (Wildman–Crippen LogP) is 4.00. The lowest BCUT2D eigenvalue weighted by Crippen LogP contribution is -2.25. The van der Waals surface area contributed by atoms with Gasteiger partial charge in [0.05, 0.1) is 0 Å². The Kier molecular flexibility index (Phi) is 5.96. The van der Waals surface area contributed by atoms with Gasteiger partial charge in [0.1, 0.15) is 0 Å². The van der Waals surface area contributed by atoms with Gasteiger partial charge in [0.25, 0.3) is 5.91 Å². The van der Waals surface area contributed by atoms with Gasteiger partial charge >= 0.3 is 0 Å². The second kappa shape index (κ2) is 7.98. The van der Waals surface area contributed by atoms with E-state index in [-0.39, 0.29) is 5.91 Å². The predicted molar refractivity (Wildman–Crippen MR) is 86.4 cm³/mol. The molecule has 20 heavy (non-hydrogen) atoms. The molecule has 0 fully saturated rings. The summed E-state index contributed by atoms with van der Waals surface area (Å²) in [7, 11) is 0. The number of hydrogen-bond acceptors (Lipinski definition) is 2. The Morgan fingerprint density at radius 3 is 2.45 bits per heavy atom. The standard InChI is InChI=1S/C16H16ClNOS/c17-15-8-6-14(7-9-15)16(19)18-10-11-20-12-13-4-2-1-3-5-13/h1-9H,10-12H2,(H,18,19). The number of benzene rings is 2. The van der Waals surface area contributed by atoms with Crippen LogP contribution in [0, 0.1) is 0 Å². The molecule has 0 spiro atoms. The molecule has 0 aliphatic heterocycles. The van der Waals surface area contributed by atoms with Gasteiger partial charge in [-0.1, -0.05) is 41.9 Å². The maximum Gasteiger partial charge on any atom is 0.251 e. The summed E-state index contributed by atoms with van der Waals surface area (Å²) >= 11 is 7.60. The average Bonchev–Trinajstić information content (AvgIpc) is 2.48. The van der Waals surface area contributed by atoms with E-state index in [9.17, 15) is 4.79 Å². The van der Waals surface area contributed by atoms with Crippen molar-refractivity contribution in [2.75, 3.05) is 12.3 Å². The zero-order chi connectivity index (χ0) is 14.2. The minimum atomic E-state index is -0.0537. The van der Waals surface area contributed by atoms with Crippen LogP contribution in [0.15, 0.2) is 54.6 Å². The Bertz CT molecular complexity index is 542. The average molecular weight is 306 g/mol. The third-order valence-electron chi connectivity index (χ3n) is 2.75. The van der Waals surface area contributed by atoms with Crippen LogP contribution in [0.4, 0.5) is 0 Å². The molecule has 2 aromatic rings. The summed E-state index contributed by atoms with van der Waals surface area (Å²) in [5.74, 6) is 1.81. The first kappa shape index (κ1) is 14.9. The van der Waals surface area contributed by atoms with E-state index in [1.54, 1.807) is 24.3 Å². The number of rotatable bonds is 6. The topological polar surface area (TPSA) is 29.1 Å². The van der Waals surface area contributed by atoms with Crippen LogP contribution in [0.2, 0.25) is 5.02 Å². The third kappa shape index (κ3) is 4.91. The summed E-state index contributed by atoms with van der Waals surface area (Å²) in [4.78, 5) is 11.8. The van der Waals surface area contributed by atoms with Crippen LogP contribution in [0.5, 0.6) is 0 Å². The molecule has 4 heteroatoms. The fourth-order valence-electron chi connectivity index (χ4n) is 1.70. The molecule has 0 bridgehead atoms. The lowest BCUT2D eigenvalue weighted by atomic mass is 10.2. The molecule has 1 amide bonds. The molecule has 2 rings (SSSR count). The molecule has 2 nitrogen and oxygen atoms in total. The lowest BCUT2D eigenvalue weighted by Gasteiger charge is -2.05. The van der Waals surface area contributed by atoms with Crippen LogP contribution in [-0.4, -0.2) is 18.2 Å². The van der Waals surface area contributed by atoms with Gasteiger partial charge in [-0.2, -0.15) is 11.8 Å². The third-order valence-corrected chi connectivity index (χ3v) is 4.03. The maximum absolute atomic E-state index is 11.8. The first-order valence-electron chi connectivity index (χ1n) is 6.41. The van der Waals surface area contributed by atoms with Crippen LogP contribution in [0.1, 0.15) is 15.9 Å². The second-order valence-electron chi connectivity index (χ2n) is 4.30. The van der Waals surface area contributed by atoms with Gasteiger partial charge in [-0.3, -0.25) is 4.79 Å². The molecule has 2 aromatic carbocycles. The normalized spacial score (nSPS) is 10.2. The van der Waals surface area contributed by atoms with Crippen LogP contribution in [0.25, 0.3) is 0 Å². The number of nitrogens with one attached hydrogen (secondary N) is 1. The van der Waals surface area contributed by atoms with Gasteiger partial charge in [-0.15, -0.1) is 0 Å². The van der Waals surface area contributed by atoms with E-state index >= 15 is 0 Å². The number of carbonyl (C=O) groups excluding carboxylic acids is 1. The smallest absolute Gasteiger partial charge is 0.251 e. The van der Waals surface area contributed by atoms with Crippen molar-refractivity contribution < 1.29 is 4.79 Å². The molecule has 0 aliphatic rings. The number of halogens is 1. The highest BCUT2D eigenvalue weighted by atomic mass is 35.5. The van der Waals surface area contributed by atoms with Crippen LogP contribution in [-0.2, 0) is 5.75 Å². The fourth-order valence-corrected chi connectivity index (χ4v) is 2.65. The van der Waals surface area contributed by atoms with Crippen molar-refractivity contribution in [2.24, 2.45) is 0 Å². The largest absolute Gasteiger partial charge is 0.351 e. The molecule has 0 saturated carbocycles. The monoisotopic (exact) mass is 305 g/mol. The Balaban J connectivity index is 1.66. The number of amides is 1. The summed E-state index contributed by atoms with van der Waals surface area (Å²) in [6.45, 7) is 0.666. The highest BCUT2D eigenvalue weighted by molar-refractivity contribution is 7.98. The van der Waals surface area contributed by atoms with Crippen molar-refractivity contribution in [3.05, 3.63) is 70.7 Å². The van der Waals surface area contributed by atoms with E-state index in [4.69, 9.17) is 11.6 Å². The summed E-state index contributed by atoms with van der Waals surface area (Å²) in [5.41, 5.74) is 1.95. The van der Waals surface area contributed by atoms with Gasteiger partial charge in [0.15, 0.2) is 0 Å². The van der Waals surface area contributed by atoms with Crippen LogP contribution >= 0.6 is 23.4 Å². The molecule has 0 radical (unpaired) electrons. The highest BCUT2D eigenvalue weighted by Crippen LogP contribution is 2.11. The number of thioether (sulfide) groups is 1. The molecule has 104 valence electrons. The van der Waals surface area contributed by atoms with E-state index in [1.807, 2.05) is 30.0 Å².